The minimum Gasteiger partial charge on any atom is -0.454 e. The highest BCUT2D eigenvalue weighted by atomic mass is 19.1. The molecule has 8 heteroatoms. The summed E-state index contributed by atoms with van der Waals surface area (Å²) in [5.74, 6) is -0.202. The molecule has 0 saturated carbocycles. The van der Waals surface area contributed by atoms with E-state index < -0.39 is 18.1 Å². The fourth-order valence-electron chi connectivity index (χ4n) is 2.70. The molecule has 3 rings (SSSR count). The maximum absolute atomic E-state index is 12.9. The van der Waals surface area contributed by atoms with Crippen LogP contribution in [0, 0.1) is 5.82 Å². The zero-order valence-electron chi connectivity index (χ0n) is 13.6. The molecule has 0 radical (unpaired) electrons. The molecule has 0 spiro atoms. The Hall–Kier alpha value is -2.90. The van der Waals surface area contributed by atoms with Gasteiger partial charge in [0.2, 0.25) is 5.89 Å². The molecule has 0 N–H and O–H groups in total. The summed E-state index contributed by atoms with van der Waals surface area (Å²) in [5, 5.41) is 0. The van der Waals surface area contributed by atoms with E-state index in [2.05, 4.69) is 9.72 Å². The van der Waals surface area contributed by atoms with E-state index in [9.17, 15) is 14.0 Å². The second kappa shape index (κ2) is 7.33. The molecule has 1 saturated heterocycles. The van der Waals surface area contributed by atoms with Crippen molar-refractivity contribution < 1.29 is 27.9 Å². The molecule has 7 nitrogen and oxygen atoms in total. The summed E-state index contributed by atoms with van der Waals surface area (Å²) in [6.07, 6.45) is 2.17. The van der Waals surface area contributed by atoms with Crippen LogP contribution in [0.15, 0.2) is 34.9 Å². The van der Waals surface area contributed by atoms with E-state index in [0.29, 0.717) is 30.7 Å². The van der Waals surface area contributed by atoms with Crippen LogP contribution in [0.3, 0.4) is 0 Å². The second-order valence-corrected chi connectivity index (χ2v) is 5.55. The van der Waals surface area contributed by atoms with Gasteiger partial charge in [-0.05, 0) is 37.1 Å². The third-order valence-corrected chi connectivity index (χ3v) is 3.95. The topological polar surface area (TPSA) is 81.9 Å². The molecule has 1 aromatic carbocycles. The van der Waals surface area contributed by atoms with Gasteiger partial charge in [-0.1, -0.05) is 0 Å². The molecular weight excluding hydrogens is 331 g/mol. The third kappa shape index (κ3) is 3.78. The highest BCUT2D eigenvalue weighted by molar-refractivity contribution is 5.82. The predicted octanol–water partition coefficient (Wildman–Crippen LogP) is 2.75. The van der Waals surface area contributed by atoms with Crippen LogP contribution in [-0.2, 0) is 20.9 Å². The Balaban J connectivity index is 1.59. The molecule has 2 heterocycles. The number of halogens is 1. The molecule has 25 heavy (non-hydrogen) atoms. The quantitative estimate of drug-likeness (QED) is 0.790. The average Bonchev–Trinajstić information content (AvgIpc) is 3.29. The third-order valence-electron chi connectivity index (χ3n) is 3.95. The van der Waals surface area contributed by atoms with Crippen LogP contribution in [0.4, 0.5) is 9.18 Å². The summed E-state index contributed by atoms with van der Waals surface area (Å²) >= 11 is 0. The van der Waals surface area contributed by atoms with Gasteiger partial charge in [0.15, 0.2) is 12.4 Å². The molecule has 2 aromatic rings. The molecule has 1 atom stereocenters. The molecule has 1 aliphatic heterocycles. The fourth-order valence-corrected chi connectivity index (χ4v) is 2.70. The van der Waals surface area contributed by atoms with Crippen LogP contribution in [0.5, 0.6) is 0 Å². The van der Waals surface area contributed by atoms with Crippen LogP contribution in [0.1, 0.15) is 18.7 Å². The second-order valence-electron chi connectivity index (χ2n) is 5.55. The summed E-state index contributed by atoms with van der Waals surface area (Å²) in [5.41, 5.74) is 0.666. The van der Waals surface area contributed by atoms with Gasteiger partial charge in [-0.2, -0.15) is 0 Å². The maximum Gasteiger partial charge on any atom is 0.410 e. The first-order valence-corrected chi connectivity index (χ1v) is 7.80. The largest absolute Gasteiger partial charge is 0.454 e. The van der Waals surface area contributed by atoms with E-state index in [1.807, 2.05) is 0 Å². The number of hydrogen-bond acceptors (Lipinski definition) is 6. The standard InChI is InChI=1S/C17H17FN2O5/c1-23-17(22)20-8-2-3-13(20)16(21)24-10-15-19-9-14(25-15)11-4-6-12(18)7-5-11/h4-7,9,13H,2-3,8,10H2,1H3. The van der Waals surface area contributed by atoms with Crippen molar-refractivity contribution in [3.8, 4) is 11.3 Å². The average molecular weight is 348 g/mol. The van der Waals surface area contributed by atoms with Crippen molar-refractivity contribution in [1.82, 2.24) is 9.88 Å². The number of rotatable bonds is 4. The van der Waals surface area contributed by atoms with Gasteiger partial charge in [-0.25, -0.2) is 19.0 Å². The number of esters is 1. The molecule has 0 bridgehead atoms. The number of hydrogen-bond donors (Lipinski definition) is 0. The van der Waals surface area contributed by atoms with Crippen LogP contribution < -0.4 is 0 Å². The fraction of sp³-hybridized carbons (Fsp3) is 0.353. The van der Waals surface area contributed by atoms with Gasteiger partial charge in [0, 0.05) is 12.1 Å². The Labute approximate surface area is 143 Å². The minimum atomic E-state index is -0.654. The number of nitrogens with zero attached hydrogens (tertiary/aromatic N) is 2. The number of aromatic nitrogens is 1. The van der Waals surface area contributed by atoms with Crippen molar-refractivity contribution in [2.75, 3.05) is 13.7 Å². The molecule has 1 unspecified atom stereocenters. The van der Waals surface area contributed by atoms with Gasteiger partial charge in [0.1, 0.15) is 11.9 Å². The molecule has 0 aliphatic carbocycles. The zero-order valence-corrected chi connectivity index (χ0v) is 13.6. The summed E-state index contributed by atoms with van der Waals surface area (Å²) < 4.78 is 28.3. The Morgan fingerprint density at radius 3 is 2.84 bits per heavy atom. The lowest BCUT2D eigenvalue weighted by molar-refractivity contribution is -0.150. The number of likely N-dealkylation sites (tertiary alicyclic amines) is 1. The van der Waals surface area contributed by atoms with Gasteiger partial charge in [0.25, 0.3) is 0 Å². The first kappa shape index (κ1) is 16.9. The Kier molecular flexibility index (Phi) is 4.97. The summed E-state index contributed by atoms with van der Waals surface area (Å²) in [7, 11) is 1.27. The van der Waals surface area contributed by atoms with Crippen molar-refractivity contribution in [3.63, 3.8) is 0 Å². The molecule has 1 aromatic heterocycles. The summed E-state index contributed by atoms with van der Waals surface area (Å²) in [4.78, 5) is 29.2. The van der Waals surface area contributed by atoms with E-state index in [1.54, 1.807) is 12.1 Å². The highest BCUT2D eigenvalue weighted by Crippen LogP contribution is 2.22. The van der Waals surface area contributed by atoms with Crippen LogP contribution in [0.2, 0.25) is 0 Å². The number of oxazole rings is 1. The Morgan fingerprint density at radius 1 is 1.36 bits per heavy atom. The lowest BCUT2D eigenvalue weighted by atomic mass is 10.2. The lowest BCUT2D eigenvalue weighted by Crippen LogP contribution is -2.41. The van der Waals surface area contributed by atoms with Crippen LogP contribution >= 0.6 is 0 Å². The van der Waals surface area contributed by atoms with E-state index >= 15 is 0 Å². The highest BCUT2D eigenvalue weighted by Gasteiger charge is 2.36. The van der Waals surface area contributed by atoms with Gasteiger partial charge < -0.3 is 13.9 Å². The summed E-state index contributed by atoms with van der Waals surface area (Å²) in [6, 6.07) is 5.12. The number of amides is 1. The smallest absolute Gasteiger partial charge is 0.410 e. The maximum atomic E-state index is 12.9. The number of ether oxygens (including phenoxy) is 2. The van der Waals surface area contributed by atoms with Crippen molar-refractivity contribution >= 4 is 12.1 Å². The number of methoxy groups -OCH3 is 1. The lowest BCUT2D eigenvalue weighted by Gasteiger charge is -2.21. The molecule has 132 valence electrons. The number of carbonyl (C=O) groups is 2. The molecule has 1 amide bonds. The summed E-state index contributed by atoms with van der Waals surface area (Å²) in [6.45, 7) is 0.311. The van der Waals surface area contributed by atoms with Crippen LogP contribution in [-0.4, -0.2) is 41.6 Å². The predicted molar refractivity (Wildman–Crippen MR) is 83.8 cm³/mol. The van der Waals surface area contributed by atoms with Gasteiger partial charge >= 0.3 is 12.1 Å². The molecule has 1 fully saturated rings. The number of benzene rings is 1. The normalized spacial score (nSPS) is 16.7. The van der Waals surface area contributed by atoms with E-state index in [4.69, 9.17) is 9.15 Å². The Bertz CT molecular complexity index is 759. The van der Waals surface area contributed by atoms with Crippen molar-refractivity contribution in [2.45, 2.75) is 25.5 Å². The van der Waals surface area contributed by atoms with Crippen molar-refractivity contribution in [1.29, 1.82) is 0 Å². The van der Waals surface area contributed by atoms with E-state index in [-0.39, 0.29) is 18.3 Å². The van der Waals surface area contributed by atoms with Gasteiger partial charge in [-0.15, -0.1) is 0 Å². The van der Waals surface area contributed by atoms with Crippen molar-refractivity contribution in [3.05, 3.63) is 42.2 Å². The van der Waals surface area contributed by atoms with E-state index in [0.717, 1.165) is 0 Å². The molecular formula is C17H17FN2O5. The van der Waals surface area contributed by atoms with E-state index in [1.165, 1.54) is 30.3 Å². The molecule has 1 aliphatic rings. The van der Waals surface area contributed by atoms with Gasteiger partial charge in [0.05, 0.1) is 13.3 Å². The minimum absolute atomic E-state index is 0.147. The SMILES string of the molecule is COC(=O)N1CCCC1C(=O)OCc1ncc(-c2ccc(F)cc2)o1. The number of carbonyl (C=O) groups excluding carboxylic acids is 2. The van der Waals surface area contributed by atoms with Crippen LogP contribution in [0.25, 0.3) is 11.3 Å². The monoisotopic (exact) mass is 348 g/mol. The first-order valence-electron chi connectivity index (χ1n) is 7.80. The van der Waals surface area contributed by atoms with Gasteiger partial charge in [-0.3, -0.25) is 4.90 Å². The van der Waals surface area contributed by atoms with Crippen molar-refractivity contribution in [2.24, 2.45) is 0 Å². The Morgan fingerprint density at radius 2 is 2.12 bits per heavy atom. The zero-order chi connectivity index (χ0) is 17.8. The first-order chi connectivity index (χ1) is 12.1.